The highest BCUT2D eigenvalue weighted by atomic mass is 32.1. The molecule has 0 radical (unpaired) electrons. The third kappa shape index (κ3) is 2.82. The van der Waals surface area contributed by atoms with Crippen molar-refractivity contribution >= 4 is 11.3 Å². The molecular weight excluding hydrogens is 202 g/mol. The molecule has 1 N–H and O–H groups in total. The van der Waals surface area contributed by atoms with Gasteiger partial charge in [0.25, 0.3) is 0 Å². The molecule has 15 heavy (non-hydrogen) atoms. The zero-order chi connectivity index (χ0) is 10.7. The minimum Gasteiger partial charge on any atom is -0.313 e. The van der Waals surface area contributed by atoms with Crippen LogP contribution in [0.5, 0.6) is 0 Å². The van der Waals surface area contributed by atoms with E-state index in [1.807, 2.05) is 0 Å². The van der Waals surface area contributed by atoms with Gasteiger partial charge in [-0.3, -0.25) is 0 Å². The lowest BCUT2D eigenvalue weighted by Gasteiger charge is -2.19. The predicted octanol–water partition coefficient (Wildman–Crippen LogP) is 3.31. The average Bonchev–Trinajstić information content (AvgIpc) is 2.83. The Bertz CT molecular complexity index is 281. The van der Waals surface area contributed by atoms with E-state index in [0.29, 0.717) is 0 Å². The molecule has 0 saturated heterocycles. The largest absolute Gasteiger partial charge is 0.313 e. The molecule has 2 rings (SSSR count). The highest BCUT2D eigenvalue weighted by molar-refractivity contribution is 7.07. The fourth-order valence-electron chi connectivity index (χ4n) is 2.49. The molecule has 3 unspecified atom stereocenters. The highest BCUT2D eigenvalue weighted by Crippen LogP contribution is 2.30. The van der Waals surface area contributed by atoms with Crippen molar-refractivity contribution < 1.29 is 0 Å². The monoisotopic (exact) mass is 223 g/mol. The van der Waals surface area contributed by atoms with Crippen LogP contribution < -0.4 is 5.32 Å². The van der Waals surface area contributed by atoms with Gasteiger partial charge < -0.3 is 5.32 Å². The van der Waals surface area contributed by atoms with E-state index < -0.39 is 0 Å². The van der Waals surface area contributed by atoms with Crippen LogP contribution in [0.15, 0.2) is 16.8 Å². The number of hydrogen-bond acceptors (Lipinski definition) is 2. The van der Waals surface area contributed by atoms with Crippen LogP contribution in [0.4, 0.5) is 0 Å². The molecule has 1 nitrogen and oxygen atoms in total. The first-order chi connectivity index (χ1) is 7.27. The number of nitrogens with one attached hydrogen (secondary N) is 1. The molecule has 3 atom stereocenters. The minimum absolute atomic E-state index is 0.763. The van der Waals surface area contributed by atoms with Gasteiger partial charge in [-0.2, -0.15) is 11.3 Å². The number of thiophene rings is 1. The summed E-state index contributed by atoms with van der Waals surface area (Å²) in [6, 6.07) is 2.99. The smallest absolute Gasteiger partial charge is 0.00954 e. The molecule has 0 amide bonds. The fourth-order valence-corrected chi connectivity index (χ4v) is 3.19. The summed E-state index contributed by atoms with van der Waals surface area (Å²) >= 11 is 1.80. The van der Waals surface area contributed by atoms with Crippen LogP contribution in [0, 0.1) is 11.8 Å². The SMILES string of the molecule is CC1CCC(NCCc2ccsc2)C1C. The van der Waals surface area contributed by atoms with Crippen molar-refractivity contribution in [3.05, 3.63) is 22.4 Å². The molecule has 0 bridgehead atoms. The normalized spacial score (nSPS) is 30.9. The van der Waals surface area contributed by atoms with Gasteiger partial charge >= 0.3 is 0 Å². The zero-order valence-corrected chi connectivity index (χ0v) is 10.5. The van der Waals surface area contributed by atoms with E-state index in [9.17, 15) is 0 Å². The molecule has 1 aromatic rings. The van der Waals surface area contributed by atoms with Gasteiger partial charge in [0, 0.05) is 6.04 Å². The molecule has 0 aromatic carbocycles. The second-order valence-electron chi connectivity index (χ2n) is 4.86. The quantitative estimate of drug-likeness (QED) is 0.825. The lowest BCUT2D eigenvalue weighted by atomic mass is 9.98. The van der Waals surface area contributed by atoms with E-state index in [2.05, 4.69) is 36.0 Å². The van der Waals surface area contributed by atoms with Crippen molar-refractivity contribution in [1.29, 1.82) is 0 Å². The molecule has 1 heterocycles. The second kappa shape index (κ2) is 5.13. The second-order valence-corrected chi connectivity index (χ2v) is 5.64. The van der Waals surface area contributed by atoms with Gasteiger partial charge in [0.1, 0.15) is 0 Å². The standard InChI is InChI=1S/C13H21NS/c1-10-3-4-13(11(10)2)14-7-5-12-6-8-15-9-12/h6,8-11,13-14H,3-5,7H2,1-2H3. The van der Waals surface area contributed by atoms with E-state index in [4.69, 9.17) is 0 Å². The first-order valence-electron chi connectivity index (χ1n) is 6.02. The molecule has 84 valence electrons. The number of rotatable bonds is 4. The van der Waals surface area contributed by atoms with E-state index in [1.165, 1.54) is 24.8 Å². The van der Waals surface area contributed by atoms with Gasteiger partial charge in [0.2, 0.25) is 0 Å². The molecule has 1 aromatic heterocycles. The maximum atomic E-state index is 3.70. The topological polar surface area (TPSA) is 12.0 Å². The van der Waals surface area contributed by atoms with Crippen molar-refractivity contribution in [3.63, 3.8) is 0 Å². The molecule has 1 fully saturated rings. The van der Waals surface area contributed by atoms with E-state index >= 15 is 0 Å². The lowest BCUT2D eigenvalue weighted by Crippen LogP contribution is -2.33. The van der Waals surface area contributed by atoms with Gasteiger partial charge in [-0.05, 0) is 60.0 Å². The Kier molecular flexibility index (Phi) is 3.81. The van der Waals surface area contributed by atoms with Crippen LogP contribution in [-0.4, -0.2) is 12.6 Å². The first kappa shape index (κ1) is 11.2. The molecule has 1 aliphatic rings. The molecular formula is C13H21NS. The Morgan fingerprint density at radius 3 is 2.87 bits per heavy atom. The van der Waals surface area contributed by atoms with Crippen molar-refractivity contribution in [2.45, 2.75) is 39.2 Å². The summed E-state index contributed by atoms with van der Waals surface area (Å²) in [5.41, 5.74) is 1.48. The van der Waals surface area contributed by atoms with Crippen molar-refractivity contribution in [3.8, 4) is 0 Å². The Balaban J connectivity index is 1.70. The fraction of sp³-hybridized carbons (Fsp3) is 0.692. The van der Waals surface area contributed by atoms with Crippen LogP contribution >= 0.6 is 11.3 Å². The van der Waals surface area contributed by atoms with Crippen LogP contribution in [0.1, 0.15) is 32.3 Å². The van der Waals surface area contributed by atoms with Crippen LogP contribution in [-0.2, 0) is 6.42 Å². The maximum absolute atomic E-state index is 3.70. The number of hydrogen-bond donors (Lipinski definition) is 1. The van der Waals surface area contributed by atoms with Gasteiger partial charge in [0.15, 0.2) is 0 Å². The summed E-state index contributed by atoms with van der Waals surface area (Å²) in [7, 11) is 0. The van der Waals surface area contributed by atoms with Gasteiger partial charge in [-0.15, -0.1) is 0 Å². The molecule has 1 saturated carbocycles. The Morgan fingerprint density at radius 2 is 2.27 bits per heavy atom. The molecule has 0 spiro atoms. The maximum Gasteiger partial charge on any atom is 0.00954 e. The third-order valence-electron chi connectivity index (χ3n) is 3.87. The summed E-state index contributed by atoms with van der Waals surface area (Å²) in [6.07, 6.45) is 3.95. The summed E-state index contributed by atoms with van der Waals surface area (Å²) in [4.78, 5) is 0. The Morgan fingerprint density at radius 1 is 1.40 bits per heavy atom. The van der Waals surface area contributed by atoms with Gasteiger partial charge in [-0.1, -0.05) is 13.8 Å². The van der Waals surface area contributed by atoms with Crippen LogP contribution in [0.2, 0.25) is 0 Å². The van der Waals surface area contributed by atoms with E-state index in [0.717, 1.165) is 24.4 Å². The van der Waals surface area contributed by atoms with E-state index in [1.54, 1.807) is 11.3 Å². The minimum atomic E-state index is 0.763. The van der Waals surface area contributed by atoms with E-state index in [-0.39, 0.29) is 0 Å². The summed E-state index contributed by atoms with van der Waals surface area (Å²) in [5, 5.41) is 8.12. The Labute approximate surface area is 96.9 Å². The molecule has 2 heteroatoms. The summed E-state index contributed by atoms with van der Waals surface area (Å²) in [5.74, 6) is 1.76. The summed E-state index contributed by atoms with van der Waals surface area (Å²) < 4.78 is 0. The van der Waals surface area contributed by atoms with Crippen LogP contribution in [0.3, 0.4) is 0 Å². The predicted molar refractivity (Wildman–Crippen MR) is 67.4 cm³/mol. The Hall–Kier alpha value is -0.340. The average molecular weight is 223 g/mol. The highest BCUT2D eigenvalue weighted by Gasteiger charge is 2.28. The van der Waals surface area contributed by atoms with Crippen molar-refractivity contribution in [1.82, 2.24) is 5.32 Å². The van der Waals surface area contributed by atoms with Crippen LogP contribution in [0.25, 0.3) is 0 Å². The third-order valence-corrected chi connectivity index (χ3v) is 4.60. The first-order valence-corrected chi connectivity index (χ1v) is 6.96. The lowest BCUT2D eigenvalue weighted by molar-refractivity contribution is 0.372. The van der Waals surface area contributed by atoms with Gasteiger partial charge in [0.05, 0.1) is 0 Å². The molecule has 1 aliphatic carbocycles. The zero-order valence-electron chi connectivity index (χ0n) is 9.70. The molecule has 0 aliphatic heterocycles. The summed E-state index contributed by atoms with van der Waals surface area (Å²) in [6.45, 7) is 5.91. The van der Waals surface area contributed by atoms with Crippen molar-refractivity contribution in [2.75, 3.05) is 6.54 Å². The van der Waals surface area contributed by atoms with Gasteiger partial charge in [-0.25, -0.2) is 0 Å². The van der Waals surface area contributed by atoms with Crippen molar-refractivity contribution in [2.24, 2.45) is 11.8 Å².